The smallest absolute Gasteiger partial charge is 0.233 e. The molecular formula is C20H18Cl2N2O. The van der Waals surface area contributed by atoms with Crippen LogP contribution in [0.15, 0.2) is 54.7 Å². The molecule has 3 aromatic rings. The van der Waals surface area contributed by atoms with Gasteiger partial charge in [0.15, 0.2) is 0 Å². The molecule has 3 nitrogen and oxygen atoms in total. The van der Waals surface area contributed by atoms with Gasteiger partial charge in [-0.3, -0.25) is 0 Å². The van der Waals surface area contributed by atoms with Crippen molar-refractivity contribution in [3.05, 3.63) is 64.8 Å². The number of nitrogens with zero attached hydrogens (tertiary/aromatic N) is 2. The Morgan fingerprint density at radius 2 is 1.40 bits per heavy atom. The monoisotopic (exact) mass is 372 g/mol. The van der Waals surface area contributed by atoms with Gasteiger partial charge in [0.25, 0.3) is 0 Å². The number of ether oxygens (including phenoxy) is 1. The summed E-state index contributed by atoms with van der Waals surface area (Å²) in [6.07, 6.45) is 2.64. The molecule has 2 aromatic carbocycles. The molecule has 0 bridgehead atoms. The molecule has 0 amide bonds. The van der Waals surface area contributed by atoms with Crippen molar-refractivity contribution in [2.45, 2.75) is 26.4 Å². The van der Waals surface area contributed by atoms with E-state index in [9.17, 15) is 0 Å². The summed E-state index contributed by atoms with van der Waals surface area (Å²) in [4.78, 5) is 9.30. The van der Waals surface area contributed by atoms with Crippen LogP contribution >= 0.6 is 23.2 Å². The molecule has 0 aliphatic rings. The molecule has 1 unspecified atom stereocenters. The maximum Gasteiger partial charge on any atom is 0.233 e. The van der Waals surface area contributed by atoms with Crippen molar-refractivity contribution in [1.82, 2.24) is 9.97 Å². The van der Waals surface area contributed by atoms with E-state index in [2.05, 4.69) is 11.9 Å². The van der Waals surface area contributed by atoms with Crippen molar-refractivity contribution in [1.29, 1.82) is 0 Å². The van der Waals surface area contributed by atoms with E-state index in [0.717, 1.165) is 28.9 Å². The van der Waals surface area contributed by atoms with Crippen molar-refractivity contribution < 1.29 is 4.74 Å². The van der Waals surface area contributed by atoms with Gasteiger partial charge in [-0.2, -0.15) is 0 Å². The number of hydrogen-bond donors (Lipinski definition) is 0. The van der Waals surface area contributed by atoms with Crippen molar-refractivity contribution in [2.24, 2.45) is 0 Å². The van der Waals surface area contributed by atoms with E-state index in [4.69, 9.17) is 32.9 Å². The lowest BCUT2D eigenvalue weighted by molar-refractivity contribution is 0.208. The number of halogens is 2. The van der Waals surface area contributed by atoms with Gasteiger partial charge in [0.2, 0.25) is 5.88 Å². The molecule has 1 atom stereocenters. The number of benzene rings is 2. The quantitative estimate of drug-likeness (QED) is 0.527. The Labute approximate surface area is 157 Å². The van der Waals surface area contributed by atoms with E-state index in [-0.39, 0.29) is 6.10 Å². The predicted octanol–water partition coefficient (Wildman–Crippen LogP) is 6.29. The van der Waals surface area contributed by atoms with Crippen LogP contribution < -0.4 is 4.74 Å². The van der Waals surface area contributed by atoms with Crippen molar-refractivity contribution in [3.63, 3.8) is 0 Å². The third-order valence-corrected chi connectivity index (χ3v) is 4.39. The highest BCUT2D eigenvalue weighted by atomic mass is 35.5. The van der Waals surface area contributed by atoms with Crippen LogP contribution in [-0.4, -0.2) is 16.1 Å². The zero-order chi connectivity index (χ0) is 17.8. The van der Waals surface area contributed by atoms with Crippen LogP contribution in [0.4, 0.5) is 0 Å². The van der Waals surface area contributed by atoms with Crippen LogP contribution in [-0.2, 0) is 0 Å². The van der Waals surface area contributed by atoms with Gasteiger partial charge in [-0.05, 0) is 37.6 Å². The molecule has 0 aliphatic carbocycles. The highest BCUT2D eigenvalue weighted by Crippen LogP contribution is 2.31. The lowest BCUT2D eigenvalue weighted by atomic mass is 10.0. The normalized spacial score (nSPS) is 12.0. The first-order valence-corrected chi connectivity index (χ1v) is 8.88. The third kappa shape index (κ3) is 4.30. The van der Waals surface area contributed by atoms with Crippen LogP contribution in [0.25, 0.3) is 22.5 Å². The maximum absolute atomic E-state index is 6.02. The summed E-state index contributed by atoms with van der Waals surface area (Å²) in [5, 5.41) is 1.36. The Hall–Kier alpha value is -2.10. The zero-order valence-electron chi connectivity index (χ0n) is 14.0. The average molecular weight is 373 g/mol. The molecule has 128 valence electrons. The topological polar surface area (TPSA) is 35.0 Å². The summed E-state index contributed by atoms with van der Waals surface area (Å²) >= 11 is 12.0. The first kappa shape index (κ1) is 17.7. The van der Waals surface area contributed by atoms with Gasteiger partial charge < -0.3 is 4.74 Å². The van der Waals surface area contributed by atoms with E-state index in [1.807, 2.05) is 55.5 Å². The first-order chi connectivity index (χ1) is 12.1. The van der Waals surface area contributed by atoms with Crippen LogP contribution in [0, 0.1) is 0 Å². The fourth-order valence-corrected chi connectivity index (χ4v) is 2.60. The molecule has 0 radical (unpaired) electrons. The van der Waals surface area contributed by atoms with E-state index >= 15 is 0 Å². The largest absolute Gasteiger partial charge is 0.474 e. The molecule has 0 fully saturated rings. The van der Waals surface area contributed by atoms with Gasteiger partial charge in [0.1, 0.15) is 5.69 Å². The summed E-state index contributed by atoms with van der Waals surface area (Å²) in [5.74, 6) is 0.511. The van der Waals surface area contributed by atoms with Gasteiger partial charge in [0.05, 0.1) is 18.0 Å². The lowest BCUT2D eigenvalue weighted by Crippen LogP contribution is -2.11. The fraction of sp³-hybridized carbons (Fsp3) is 0.200. The van der Waals surface area contributed by atoms with Gasteiger partial charge in [-0.25, -0.2) is 9.97 Å². The third-order valence-electron chi connectivity index (χ3n) is 3.88. The molecule has 1 heterocycles. The predicted molar refractivity (Wildman–Crippen MR) is 103 cm³/mol. The zero-order valence-corrected chi connectivity index (χ0v) is 15.6. The lowest BCUT2D eigenvalue weighted by Gasteiger charge is -2.14. The maximum atomic E-state index is 6.02. The molecule has 0 spiro atoms. The molecule has 0 saturated heterocycles. The van der Waals surface area contributed by atoms with E-state index in [1.54, 1.807) is 6.20 Å². The van der Waals surface area contributed by atoms with Gasteiger partial charge in [-0.15, -0.1) is 0 Å². The highest BCUT2D eigenvalue weighted by molar-refractivity contribution is 6.31. The summed E-state index contributed by atoms with van der Waals surface area (Å²) in [6, 6.07) is 15.1. The van der Waals surface area contributed by atoms with E-state index < -0.39 is 0 Å². The first-order valence-electron chi connectivity index (χ1n) is 8.12. The van der Waals surface area contributed by atoms with Gasteiger partial charge in [0, 0.05) is 21.2 Å². The molecule has 0 aliphatic heterocycles. The molecular weight excluding hydrogens is 355 g/mol. The average Bonchev–Trinajstić information content (AvgIpc) is 2.63. The summed E-state index contributed by atoms with van der Waals surface area (Å²) in [6.45, 7) is 4.08. The van der Waals surface area contributed by atoms with Crippen LogP contribution in [0.2, 0.25) is 10.0 Å². The summed E-state index contributed by atoms with van der Waals surface area (Å²) < 4.78 is 5.84. The SMILES string of the molecule is CCC(C)Oc1cnc(-c2ccc(Cl)cc2)c(-c2ccc(Cl)cc2)n1. The fourth-order valence-electron chi connectivity index (χ4n) is 2.35. The summed E-state index contributed by atoms with van der Waals surface area (Å²) in [5.41, 5.74) is 3.39. The Kier molecular flexibility index (Phi) is 5.57. The van der Waals surface area contributed by atoms with E-state index in [1.165, 1.54) is 0 Å². The van der Waals surface area contributed by atoms with Crippen molar-refractivity contribution >= 4 is 23.2 Å². The van der Waals surface area contributed by atoms with Gasteiger partial charge in [-0.1, -0.05) is 54.4 Å². The Morgan fingerprint density at radius 1 is 0.880 bits per heavy atom. The molecule has 0 N–H and O–H groups in total. The Morgan fingerprint density at radius 3 is 1.92 bits per heavy atom. The second kappa shape index (κ2) is 7.85. The molecule has 3 rings (SSSR count). The minimum absolute atomic E-state index is 0.0775. The number of hydrogen-bond acceptors (Lipinski definition) is 3. The second-order valence-electron chi connectivity index (χ2n) is 5.76. The highest BCUT2D eigenvalue weighted by Gasteiger charge is 2.14. The van der Waals surface area contributed by atoms with E-state index in [0.29, 0.717) is 15.9 Å². The Balaban J connectivity index is 2.10. The van der Waals surface area contributed by atoms with Crippen molar-refractivity contribution in [2.75, 3.05) is 0 Å². The number of rotatable bonds is 5. The molecule has 0 saturated carbocycles. The summed E-state index contributed by atoms with van der Waals surface area (Å²) in [7, 11) is 0. The van der Waals surface area contributed by atoms with Crippen molar-refractivity contribution in [3.8, 4) is 28.4 Å². The molecule has 25 heavy (non-hydrogen) atoms. The standard InChI is InChI=1S/C20H18Cl2N2O/c1-3-13(2)25-18-12-23-19(14-4-8-16(21)9-5-14)20(24-18)15-6-10-17(22)11-7-15/h4-13H,3H2,1-2H3. The van der Waals surface area contributed by atoms with Gasteiger partial charge >= 0.3 is 0 Å². The Bertz CT molecular complexity index is 849. The van der Waals surface area contributed by atoms with Crippen LogP contribution in [0.1, 0.15) is 20.3 Å². The molecule has 5 heteroatoms. The van der Waals surface area contributed by atoms with Crippen LogP contribution in [0.3, 0.4) is 0 Å². The number of aromatic nitrogens is 2. The van der Waals surface area contributed by atoms with Crippen LogP contribution in [0.5, 0.6) is 5.88 Å². The molecule has 1 aromatic heterocycles. The minimum atomic E-state index is 0.0775. The second-order valence-corrected chi connectivity index (χ2v) is 6.63. The minimum Gasteiger partial charge on any atom is -0.474 e.